The first-order valence-electron chi connectivity index (χ1n) is 7.37. The first-order chi connectivity index (χ1) is 10.2. The molecule has 0 aliphatic carbocycles. The van der Waals surface area contributed by atoms with Crippen LogP contribution in [0.15, 0.2) is 21.3 Å². The van der Waals surface area contributed by atoms with E-state index in [2.05, 4.69) is 24.0 Å². The molecule has 0 saturated carbocycles. The van der Waals surface area contributed by atoms with Gasteiger partial charge in [-0.1, -0.05) is 19.0 Å². The fraction of sp³-hybridized carbons (Fsp3) is 0.533. The summed E-state index contributed by atoms with van der Waals surface area (Å²) in [7, 11) is 0. The first kappa shape index (κ1) is 15.7. The summed E-state index contributed by atoms with van der Waals surface area (Å²) in [6.07, 6.45) is 2.88. The molecule has 5 nitrogen and oxygen atoms in total. The number of thiophene rings is 1. The van der Waals surface area contributed by atoms with Gasteiger partial charge in [0.1, 0.15) is 0 Å². The molecule has 0 radical (unpaired) electrons. The molecule has 21 heavy (non-hydrogen) atoms. The van der Waals surface area contributed by atoms with E-state index in [1.807, 2.05) is 21.7 Å². The van der Waals surface area contributed by atoms with Crippen molar-refractivity contribution < 1.29 is 9.32 Å². The fourth-order valence-corrected chi connectivity index (χ4v) is 2.77. The summed E-state index contributed by atoms with van der Waals surface area (Å²) in [5.41, 5.74) is 0.958. The highest BCUT2D eigenvalue weighted by molar-refractivity contribution is 7.08. The van der Waals surface area contributed by atoms with Gasteiger partial charge in [0.2, 0.25) is 17.6 Å². The molecule has 2 aromatic rings. The monoisotopic (exact) mass is 307 g/mol. The van der Waals surface area contributed by atoms with E-state index in [9.17, 15) is 4.79 Å². The van der Waals surface area contributed by atoms with Gasteiger partial charge in [-0.05, 0) is 24.3 Å². The molecule has 0 atom stereocenters. The van der Waals surface area contributed by atoms with Gasteiger partial charge in [0.25, 0.3) is 0 Å². The van der Waals surface area contributed by atoms with Crippen LogP contribution in [0.4, 0.5) is 0 Å². The van der Waals surface area contributed by atoms with Crippen molar-refractivity contribution in [3.8, 4) is 11.4 Å². The zero-order valence-electron chi connectivity index (χ0n) is 12.5. The molecule has 0 fully saturated rings. The van der Waals surface area contributed by atoms with E-state index >= 15 is 0 Å². The van der Waals surface area contributed by atoms with E-state index in [0.717, 1.165) is 31.5 Å². The summed E-state index contributed by atoms with van der Waals surface area (Å²) in [5, 5.41) is 7.90. The Morgan fingerprint density at radius 1 is 1.33 bits per heavy atom. The second-order valence-corrected chi connectivity index (χ2v) is 5.68. The minimum Gasteiger partial charge on any atom is -0.343 e. The molecule has 2 heterocycles. The second kappa shape index (κ2) is 7.93. The number of aromatic nitrogens is 2. The van der Waals surface area contributed by atoms with Gasteiger partial charge in [0.05, 0.1) is 0 Å². The molecule has 0 aliphatic heterocycles. The third-order valence-corrected chi connectivity index (χ3v) is 3.82. The molecule has 0 unspecified atom stereocenters. The lowest BCUT2D eigenvalue weighted by Crippen LogP contribution is -2.32. The predicted molar refractivity (Wildman–Crippen MR) is 83.1 cm³/mol. The summed E-state index contributed by atoms with van der Waals surface area (Å²) in [5.74, 6) is 1.28. The lowest BCUT2D eigenvalue weighted by atomic mass is 10.2. The van der Waals surface area contributed by atoms with Crippen molar-refractivity contribution in [1.29, 1.82) is 0 Å². The number of nitrogens with zero attached hydrogens (tertiary/aromatic N) is 3. The van der Waals surface area contributed by atoms with Gasteiger partial charge in [0, 0.05) is 36.9 Å². The Hall–Kier alpha value is -1.69. The quantitative estimate of drug-likeness (QED) is 0.750. The minimum atomic E-state index is 0.161. The smallest absolute Gasteiger partial charge is 0.227 e. The number of hydrogen-bond acceptors (Lipinski definition) is 5. The van der Waals surface area contributed by atoms with E-state index in [1.54, 1.807) is 11.3 Å². The fourth-order valence-electron chi connectivity index (χ4n) is 2.14. The van der Waals surface area contributed by atoms with Crippen molar-refractivity contribution in [2.75, 3.05) is 13.1 Å². The zero-order chi connectivity index (χ0) is 15.1. The van der Waals surface area contributed by atoms with Crippen LogP contribution in [0.25, 0.3) is 11.4 Å². The van der Waals surface area contributed by atoms with Gasteiger partial charge >= 0.3 is 0 Å². The number of amides is 1. The van der Waals surface area contributed by atoms with Crippen molar-refractivity contribution in [3.63, 3.8) is 0 Å². The Labute approximate surface area is 129 Å². The Morgan fingerprint density at radius 2 is 2.10 bits per heavy atom. The van der Waals surface area contributed by atoms with Crippen LogP contribution in [0.5, 0.6) is 0 Å². The van der Waals surface area contributed by atoms with Gasteiger partial charge in [-0.15, -0.1) is 0 Å². The molecule has 0 saturated heterocycles. The molecule has 0 aliphatic rings. The lowest BCUT2D eigenvalue weighted by Gasteiger charge is -2.20. The maximum Gasteiger partial charge on any atom is 0.227 e. The number of aryl methyl sites for hydroxylation is 1. The lowest BCUT2D eigenvalue weighted by molar-refractivity contribution is -0.131. The Kier molecular flexibility index (Phi) is 5.92. The number of hydrogen-bond donors (Lipinski definition) is 0. The maximum atomic E-state index is 12.2. The third kappa shape index (κ3) is 4.39. The Bertz CT molecular complexity index is 545. The highest BCUT2D eigenvalue weighted by atomic mass is 32.1. The van der Waals surface area contributed by atoms with Crippen LogP contribution in [0.3, 0.4) is 0 Å². The number of carbonyl (C=O) groups excluding carboxylic acids is 1. The van der Waals surface area contributed by atoms with E-state index in [4.69, 9.17) is 4.52 Å². The Morgan fingerprint density at radius 3 is 2.71 bits per heavy atom. The van der Waals surface area contributed by atoms with Gasteiger partial charge in [-0.2, -0.15) is 16.3 Å². The molecular formula is C15H21N3O2S. The second-order valence-electron chi connectivity index (χ2n) is 4.90. The summed E-state index contributed by atoms with van der Waals surface area (Å²) in [6.45, 7) is 5.80. The van der Waals surface area contributed by atoms with Gasteiger partial charge < -0.3 is 9.42 Å². The van der Waals surface area contributed by atoms with Crippen LogP contribution in [0.1, 0.15) is 39.0 Å². The topological polar surface area (TPSA) is 59.2 Å². The van der Waals surface area contributed by atoms with Crippen molar-refractivity contribution in [1.82, 2.24) is 15.0 Å². The van der Waals surface area contributed by atoms with Gasteiger partial charge in [-0.3, -0.25) is 4.79 Å². The van der Waals surface area contributed by atoms with E-state index in [-0.39, 0.29) is 5.91 Å². The zero-order valence-corrected chi connectivity index (χ0v) is 13.4. The molecule has 114 valence electrons. The molecule has 6 heteroatoms. The molecule has 0 N–H and O–H groups in total. The molecule has 0 aromatic carbocycles. The summed E-state index contributed by atoms with van der Waals surface area (Å²) in [4.78, 5) is 18.4. The van der Waals surface area contributed by atoms with Crippen LogP contribution in [0, 0.1) is 0 Å². The van der Waals surface area contributed by atoms with E-state index < -0.39 is 0 Å². The van der Waals surface area contributed by atoms with Gasteiger partial charge in [0.15, 0.2) is 0 Å². The molecule has 0 bridgehead atoms. The van der Waals surface area contributed by atoms with Gasteiger partial charge in [-0.25, -0.2) is 0 Å². The van der Waals surface area contributed by atoms with Crippen LogP contribution in [-0.2, 0) is 11.2 Å². The number of rotatable bonds is 8. The van der Waals surface area contributed by atoms with E-state index in [1.165, 1.54) is 0 Å². The molecule has 2 aromatic heterocycles. The van der Waals surface area contributed by atoms with Crippen molar-refractivity contribution in [2.24, 2.45) is 0 Å². The molecular weight excluding hydrogens is 286 g/mol. The molecule has 2 rings (SSSR count). The van der Waals surface area contributed by atoms with Crippen LogP contribution in [0.2, 0.25) is 0 Å². The van der Waals surface area contributed by atoms with E-state index in [0.29, 0.717) is 24.6 Å². The first-order valence-corrected chi connectivity index (χ1v) is 8.31. The average Bonchev–Trinajstić information content (AvgIpc) is 3.15. The molecule has 1 amide bonds. The van der Waals surface area contributed by atoms with Crippen LogP contribution in [-0.4, -0.2) is 34.0 Å². The molecule has 0 spiro atoms. The maximum absolute atomic E-state index is 12.2. The number of carbonyl (C=O) groups is 1. The Balaban J connectivity index is 1.89. The summed E-state index contributed by atoms with van der Waals surface area (Å²) < 4.78 is 5.21. The minimum absolute atomic E-state index is 0.161. The third-order valence-electron chi connectivity index (χ3n) is 3.14. The van der Waals surface area contributed by atoms with Crippen molar-refractivity contribution >= 4 is 17.2 Å². The van der Waals surface area contributed by atoms with Crippen LogP contribution >= 0.6 is 11.3 Å². The predicted octanol–water partition coefficient (Wildman–Crippen LogP) is 3.38. The largest absolute Gasteiger partial charge is 0.343 e. The van der Waals surface area contributed by atoms with Crippen LogP contribution < -0.4 is 0 Å². The van der Waals surface area contributed by atoms with Crippen molar-refractivity contribution in [3.05, 3.63) is 22.7 Å². The van der Waals surface area contributed by atoms with Crippen molar-refractivity contribution in [2.45, 2.75) is 39.5 Å². The average molecular weight is 307 g/mol. The highest BCUT2D eigenvalue weighted by Gasteiger charge is 2.14. The SMILES string of the molecule is CCCN(CCC)C(=O)CCc1nc(-c2ccsc2)no1. The summed E-state index contributed by atoms with van der Waals surface area (Å²) >= 11 is 1.59. The summed E-state index contributed by atoms with van der Waals surface area (Å²) in [6, 6.07) is 1.95. The normalized spacial score (nSPS) is 10.8. The highest BCUT2D eigenvalue weighted by Crippen LogP contribution is 2.19. The standard InChI is InChI=1S/C15H21N3O2S/c1-3-8-18(9-4-2)14(19)6-5-13-16-15(17-20-13)12-7-10-21-11-12/h7,10-11H,3-6,8-9H2,1-2H3.